The topological polar surface area (TPSA) is 9.23 Å². The van der Waals surface area contributed by atoms with Crippen LogP contribution in [0.2, 0.25) is 0 Å². The molecule has 3 aliphatic carbocycles. The Hall–Kier alpha value is -1.33. The van der Waals surface area contributed by atoms with Crippen molar-refractivity contribution in [1.29, 1.82) is 0 Å². The zero-order valence-corrected chi connectivity index (χ0v) is 13.1. The van der Waals surface area contributed by atoms with Crippen LogP contribution in [0.4, 0.5) is 22.0 Å². The highest BCUT2D eigenvalue weighted by Gasteiger charge is 2.70. The third-order valence-corrected chi connectivity index (χ3v) is 5.77. The maximum Gasteiger partial charge on any atom is 0.284 e. The monoisotopic (exact) mass is 334 g/mol. The number of benzene rings is 1. The zero-order chi connectivity index (χ0) is 17.0. The van der Waals surface area contributed by atoms with Gasteiger partial charge in [-0.25, -0.2) is 17.6 Å². The van der Waals surface area contributed by atoms with Crippen molar-refractivity contribution in [2.45, 2.75) is 51.6 Å². The SMILES string of the molecule is Cc1ccc(OCC23CCC(C)(CC2)C(F)(F)C3F)c(F)c1F. The molecule has 23 heavy (non-hydrogen) atoms. The van der Waals surface area contributed by atoms with Gasteiger partial charge in [0.25, 0.3) is 5.92 Å². The highest BCUT2D eigenvalue weighted by Crippen LogP contribution is 2.64. The van der Waals surface area contributed by atoms with Crippen molar-refractivity contribution in [2.75, 3.05) is 6.61 Å². The summed E-state index contributed by atoms with van der Waals surface area (Å²) in [7, 11) is 0. The number of halogens is 5. The molecule has 1 unspecified atom stereocenters. The fraction of sp³-hybridized carbons (Fsp3) is 0.647. The summed E-state index contributed by atoms with van der Waals surface area (Å²) in [5.41, 5.74) is -2.54. The molecular weight excluding hydrogens is 315 g/mol. The average Bonchev–Trinajstić information content (AvgIpc) is 2.52. The van der Waals surface area contributed by atoms with Crippen LogP contribution in [0.1, 0.15) is 38.2 Å². The summed E-state index contributed by atoms with van der Waals surface area (Å²) < 4.78 is 75.7. The normalized spacial score (nSPS) is 35.3. The van der Waals surface area contributed by atoms with Crippen molar-refractivity contribution < 1.29 is 26.7 Å². The van der Waals surface area contributed by atoms with E-state index in [2.05, 4.69) is 0 Å². The summed E-state index contributed by atoms with van der Waals surface area (Å²) in [5.74, 6) is -6.00. The number of ether oxygens (including phenoxy) is 1. The Labute approximate surface area is 131 Å². The molecular formula is C17H19F5O. The Balaban J connectivity index is 1.82. The molecule has 0 spiro atoms. The third kappa shape index (κ3) is 2.24. The molecule has 4 rings (SSSR count). The Morgan fingerprint density at radius 3 is 2.30 bits per heavy atom. The van der Waals surface area contributed by atoms with Crippen LogP contribution in [0.3, 0.4) is 0 Å². The Morgan fingerprint density at radius 2 is 1.70 bits per heavy atom. The van der Waals surface area contributed by atoms with Gasteiger partial charge in [0.1, 0.15) is 0 Å². The van der Waals surface area contributed by atoms with Gasteiger partial charge in [0.05, 0.1) is 6.61 Å². The van der Waals surface area contributed by atoms with E-state index in [4.69, 9.17) is 4.74 Å². The maximum absolute atomic E-state index is 14.5. The van der Waals surface area contributed by atoms with Gasteiger partial charge in [-0.15, -0.1) is 0 Å². The molecule has 0 heterocycles. The molecule has 1 aromatic rings. The minimum Gasteiger partial charge on any atom is -0.490 e. The predicted molar refractivity (Wildman–Crippen MR) is 75.4 cm³/mol. The maximum atomic E-state index is 14.5. The van der Waals surface area contributed by atoms with Crippen molar-refractivity contribution in [3.05, 3.63) is 29.3 Å². The number of rotatable bonds is 3. The molecule has 1 aromatic carbocycles. The van der Waals surface area contributed by atoms with E-state index in [1.807, 2.05) is 0 Å². The van der Waals surface area contributed by atoms with Gasteiger partial charge in [0.15, 0.2) is 17.7 Å². The van der Waals surface area contributed by atoms with Crippen molar-refractivity contribution in [1.82, 2.24) is 0 Å². The van der Waals surface area contributed by atoms with Crippen molar-refractivity contribution >= 4 is 0 Å². The third-order valence-electron chi connectivity index (χ3n) is 5.77. The van der Waals surface area contributed by atoms with E-state index in [1.165, 1.54) is 26.0 Å². The van der Waals surface area contributed by atoms with Crippen LogP contribution >= 0.6 is 0 Å². The van der Waals surface area contributed by atoms with E-state index in [-0.39, 0.29) is 43.6 Å². The van der Waals surface area contributed by atoms with Crippen LogP contribution in [0.5, 0.6) is 5.75 Å². The Morgan fingerprint density at radius 1 is 1.09 bits per heavy atom. The van der Waals surface area contributed by atoms with Gasteiger partial charge in [-0.2, -0.15) is 4.39 Å². The first-order chi connectivity index (χ1) is 10.6. The summed E-state index contributed by atoms with van der Waals surface area (Å²) in [4.78, 5) is 0. The Kier molecular flexibility index (Phi) is 3.65. The lowest BCUT2D eigenvalue weighted by Crippen LogP contribution is -2.64. The molecule has 0 amide bonds. The molecule has 3 aliphatic rings. The van der Waals surface area contributed by atoms with Crippen molar-refractivity contribution in [3.8, 4) is 5.75 Å². The van der Waals surface area contributed by atoms with Crippen molar-refractivity contribution in [2.24, 2.45) is 10.8 Å². The minimum atomic E-state index is -3.43. The number of aryl methyl sites for hydroxylation is 1. The van der Waals surface area contributed by atoms with E-state index in [0.717, 1.165) is 0 Å². The lowest BCUT2D eigenvalue weighted by atomic mass is 9.52. The number of fused-ring (bicyclic) bond motifs is 3. The minimum absolute atomic E-state index is 0.119. The summed E-state index contributed by atoms with van der Waals surface area (Å²) >= 11 is 0. The van der Waals surface area contributed by atoms with E-state index in [0.29, 0.717) is 0 Å². The molecule has 0 radical (unpaired) electrons. The van der Waals surface area contributed by atoms with Gasteiger partial charge >= 0.3 is 0 Å². The van der Waals surface area contributed by atoms with Crippen LogP contribution in [-0.2, 0) is 0 Å². The second-order valence-electron chi connectivity index (χ2n) is 7.21. The number of alkyl halides is 3. The van der Waals surface area contributed by atoms with Crippen molar-refractivity contribution in [3.63, 3.8) is 0 Å². The van der Waals surface area contributed by atoms with E-state index < -0.39 is 34.6 Å². The fourth-order valence-electron chi connectivity index (χ4n) is 3.76. The molecule has 1 atom stereocenters. The smallest absolute Gasteiger partial charge is 0.284 e. The summed E-state index contributed by atoms with van der Waals surface area (Å²) in [6.45, 7) is 2.44. The van der Waals surface area contributed by atoms with Crippen LogP contribution in [0, 0.1) is 29.4 Å². The molecule has 3 fully saturated rings. The molecule has 2 bridgehead atoms. The van der Waals surface area contributed by atoms with Gasteiger partial charge in [-0.3, -0.25) is 0 Å². The first kappa shape index (κ1) is 16.5. The average molecular weight is 334 g/mol. The van der Waals surface area contributed by atoms with Crippen LogP contribution < -0.4 is 4.74 Å². The second-order valence-corrected chi connectivity index (χ2v) is 7.21. The summed E-state index contributed by atoms with van der Waals surface area (Å²) in [5, 5.41) is 0. The molecule has 0 N–H and O–H groups in total. The summed E-state index contributed by atoms with van der Waals surface area (Å²) in [6.07, 6.45) is -1.41. The molecule has 128 valence electrons. The number of hydrogen-bond acceptors (Lipinski definition) is 1. The van der Waals surface area contributed by atoms with E-state index in [1.54, 1.807) is 0 Å². The van der Waals surface area contributed by atoms with Gasteiger partial charge in [0, 0.05) is 10.8 Å². The van der Waals surface area contributed by atoms with Gasteiger partial charge in [-0.05, 0) is 44.2 Å². The molecule has 0 saturated heterocycles. The van der Waals surface area contributed by atoms with Crippen LogP contribution in [0.15, 0.2) is 12.1 Å². The highest BCUT2D eigenvalue weighted by molar-refractivity contribution is 5.30. The lowest BCUT2D eigenvalue weighted by molar-refractivity contribution is -0.267. The second kappa shape index (κ2) is 5.08. The quantitative estimate of drug-likeness (QED) is 0.690. The van der Waals surface area contributed by atoms with Gasteiger partial charge in [-0.1, -0.05) is 13.0 Å². The standard InChI is InChI=1S/C17H19F5O/c1-10-3-4-11(13(19)12(10)18)23-9-16-7-5-15(2,6-8-16)17(21,22)14(16)20/h3-4,14H,5-9H2,1-2H3. The largest absolute Gasteiger partial charge is 0.490 e. The molecule has 0 aromatic heterocycles. The highest BCUT2D eigenvalue weighted by atomic mass is 19.3. The van der Waals surface area contributed by atoms with Crippen LogP contribution in [-0.4, -0.2) is 18.7 Å². The number of hydrogen-bond donors (Lipinski definition) is 0. The lowest BCUT2D eigenvalue weighted by Gasteiger charge is -2.57. The molecule has 6 heteroatoms. The van der Waals surface area contributed by atoms with Crippen LogP contribution in [0.25, 0.3) is 0 Å². The predicted octanol–water partition coefficient (Wildman–Crippen LogP) is 5.21. The van der Waals surface area contributed by atoms with Gasteiger partial charge < -0.3 is 4.74 Å². The molecule has 1 nitrogen and oxygen atoms in total. The van der Waals surface area contributed by atoms with Gasteiger partial charge in [0.2, 0.25) is 5.82 Å². The van der Waals surface area contributed by atoms with E-state index in [9.17, 15) is 22.0 Å². The molecule has 3 saturated carbocycles. The Bertz CT molecular complexity index is 620. The zero-order valence-electron chi connectivity index (χ0n) is 13.1. The first-order valence-corrected chi connectivity index (χ1v) is 7.72. The summed E-state index contributed by atoms with van der Waals surface area (Å²) in [6, 6.07) is 2.58. The fourth-order valence-corrected chi connectivity index (χ4v) is 3.76. The van der Waals surface area contributed by atoms with E-state index >= 15 is 0 Å². The first-order valence-electron chi connectivity index (χ1n) is 7.72. The molecule has 0 aliphatic heterocycles.